The van der Waals surface area contributed by atoms with Crippen molar-refractivity contribution in [2.75, 3.05) is 11.9 Å². The van der Waals surface area contributed by atoms with E-state index in [9.17, 15) is 4.79 Å². The minimum Gasteiger partial charge on any atom is -0.382 e. The maximum atomic E-state index is 11.1. The Kier molecular flexibility index (Phi) is 2.34. The molecule has 70 valence electrons. The van der Waals surface area contributed by atoms with Gasteiger partial charge in [0.1, 0.15) is 0 Å². The molecule has 2 heterocycles. The lowest BCUT2D eigenvalue weighted by Gasteiger charge is -2.18. The third-order valence-electron chi connectivity index (χ3n) is 1.93. The molecule has 0 aromatic carbocycles. The zero-order valence-corrected chi connectivity index (χ0v) is 9.22. The summed E-state index contributed by atoms with van der Waals surface area (Å²) in [6.45, 7) is 4.80. The third-order valence-corrected chi connectivity index (χ3v) is 4.51. The van der Waals surface area contributed by atoms with Crippen molar-refractivity contribution in [2.45, 2.75) is 23.3 Å². The number of hydrogen-bond acceptors (Lipinski definition) is 4. The van der Waals surface area contributed by atoms with E-state index in [1.165, 1.54) is 4.21 Å². The second-order valence-corrected chi connectivity index (χ2v) is 5.94. The molecule has 1 atom stereocenters. The lowest BCUT2D eigenvalue weighted by molar-refractivity contribution is 0.102. The van der Waals surface area contributed by atoms with Gasteiger partial charge in [-0.05, 0) is 13.0 Å². The predicted octanol–water partition coefficient (Wildman–Crippen LogP) is 2.86. The number of hydrogen-bond donors (Lipinski definition) is 1. The van der Waals surface area contributed by atoms with Crippen LogP contribution >= 0.6 is 23.1 Å². The van der Waals surface area contributed by atoms with E-state index in [-0.39, 0.29) is 5.78 Å². The molecule has 1 unspecified atom stereocenters. The average molecular weight is 213 g/mol. The molecule has 2 rings (SSSR count). The number of thioether (sulfide) groups is 1. The van der Waals surface area contributed by atoms with Crippen molar-refractivity contribution in [3.63, 3.8) is 0 Å². The van der Waals surface area contributed by atoms with Crippen LogP contribution in [-0.2, 0) is 0 Å². The second kappa shape index (κ2) is 3.35. The first kappa shape index (κ1) is 9.09. The maximum absolute atomic E-state index is 11.1. The van der Waals surface area contributed by atoms with Gasteiger partial charge in [-0.3, -0.25) is 4.79 Å². The zero-order chi connectivity index (χ0) is 9.42. The lowest BCUT2D eigenvalue weighted by atomic mass is 10.3. The van der Waals surface area contributed by atoms with Gasteiger partial charge in [0.2, 0.25) is 0 Å². The van der Waals surface area contributed by atoms with E-state index in [2.05, 4.69) is 12.2 Å². The number of anilines is 1. The Labute approximate surface area is 85.7 Å². The molecule has 0 saturated heterocycles. The van der Waals surface area contributed by atoms with Crippen molar-refractivity contribution in [3.8, 4) is 0 Å². The molecule has 0 amide bonds. The minimum absolute atomic E-state index is 0.162. The van der Waals surface area contributed by atoms with Crippen molar-refractivity contribution in [1.82, 2.24) is 0 Å². The highest BCUT2D eigenvalue weighted by Gasteiger charge is 2.19. The summed E-state index contributed by atoms with van der Waals surface area (Å²) in [6, 6.07) is 1.96. The highest BCUT2D eigenvalue weighted by Crippen LogP contribution is 2.41. The molecule has 0 saturated carbocycles. The van der Waals surface area contributed by atoms with Crippen LogP contribution in [0.5, 0.6) is 0 Å². The van der Waals surface area contributed by atoms with Crippen molar-refractivity contribution in [2.24, 2.45) is 0 Å². The van der Waals surface area contributed by atoms with Crippen LogP contribution in [0.4, 0.5) is 5.69 Å². The van der Waals surface area contributed by atoms with Gasteiger partial charge in [-0.15, -0.1) is 23.1 Å². The number of ketones is 1. The maximum Gasteiger partial charge on any atom is 0.169 e. The van der Waals surface area contributed by atoms with E-state index in [1.807, 2.05) is 17.8 Å². The van der Waals surface area contributed by atoms with E-state index in [1.54, 1.807) is 18.3 Å². The molecule has 4 heteroatoms. The molecule has 1 N–H and O–H groups in total. The first-order chi connectivity index (χ1) is 6.16. The molecular formula is C9H11NOS2. The van der Waals surface area contributed by atoms with Crippen molar-refractivity contribution in [3.05, 3.63) is 10.9 Å². The summed E-state index contributed by atoms with van der Waals surface area (Å²) in [5.74, 6) is 0.162. The Morgan fingerprint density at radius 3 is 3.15 bits per heavy atom. The largest absolute Gasteiger partial charge is 0.382 e. The molecule has 1 aromatic rings. The van der Waals surface area contributed by atoms with Gasteiger partial charge in [0.15, 0.2) is 5.78 Å². The summed E-state index contributed by atoms with van der Waals surface area (Å²) in [5.41, 5.74) is 1.14. The standard InChI is InChI=1S/C9H11NOS2/c1-5-4-10-7-3-8(6(2)11)13-9(7)12-5/h3,5,10H,4H2,1-2H3. The Bertz CT molecular complexity index is 345. The topological polar surface area (TPSA) is 29.1 Å². The molecular weight excluding hydrogens is 202 g/mol. The Hall–Kier alpha value is -0.480. The molecule has 1 aliphatic heterocycles. The van der Waals surface area contributed by atoms with Crippen LogP contribution in [0.25, 0.3) is 0 Å². The number of carbonyl (C=O) groups excluding carboxylic acids is 1. The van der Waals surface area contributed by atoms with Gasteiger partial charge in [0.05, 0.1) is 14.8 Å². The van der Waals surface area contributed by atoms with Crippen molar-refractivity contribution < 1.29 is 4.79 Å². The van der Waals surface area contributed by atoms with Crippen LogP contribution in [-0.4, -0.2) is 17.6 Å². The van der Waals surface area contributed by atoms with E-state index in [0.29, 0.717) is 5.25 Å². The highest BCUT2D eigenvalue weighted by atomic mass is 32.2. The molecule has 1 aliphatic rings. The molecule has 0 fully saturated rings. The monoisotopic (exact) mass is 213 g/mol. The fourth-order valence-electron chi connectivity index (χ4n) is 1.24. The number of thiophene rings is 1. The minimum atomic E-state index is 0.162. The van der Waals surface area contributed by atoms with E-state index < -0.39 is 0 Å². The molecule has 1 aromatic heterocycles. The number of fused-ring (bicyclic) bond motifs is 1. The van der Waals surface area contributed by atoms with Gasteiger partial charge in [-0.2, -0.15) is 0 Å². The number of Topliss-reactive ketones (excluding diaryl/α,β-unsaturated/α-hetero) is 1. The number of carbonyl (C=O) groups is 1. The zero-order valence-electron chi connectivity index (χ0n) is 7.59. The molecule has 0 spiro atoms. The lowest BCUT2D eigenvalue weighted by Crippen LogP contribution is -2.16. The second-order valence-electron chi connectivity index (χ2n) is 3.18. The Morgan fingerprint density at radius 2 is 2.46 bits per heavy atom. The number of nitrogens with one attached hydrogen (secondary N) is 1. The van der Waals surface area contributed by atoms with Crippen LogP contribution < -0.4 is 5.32 Å². The quantitative estimate of drug-likeness (QED) is 0.727. The van der Waals surface area contributed by atoms with Gasteiger partial charge in [-0.1, -0.05) is 6.92 Å². The van der Waals surface area contributed by atoms with Crippen LogP contribution in [0.15, 0.2) is 10.3 Å². The van der Waals surface area contributed by atoms with Gasteiger partial charge in [0, 0.05) is 11.8 Å². The van der Waals surface area contributed by atoms with E-state index in [4.69, 9.17) is 0 Å². The first-order valence-corrected chi connectivity index (χ1v) is 5.91. The van der Waals surface area contributed by atoms with Crippen LogP contribution in [0, 0.1) is 0 Å². The van der Waals surface area contributed by atoms with Crippen LogP contribution in [0.3, 0.4) is 0 Å². The molecule has 0 bridgehead atoms. The SMILES string of the molecule is CC(=O)c1cc2c(s1)SC(C)CN2. The number of rotatable bonds is 1. The van der Waals surface area contributed by atoms with E-state index >= 15 is 0 Å². The molecule has 0 radical (unpaired) electrons. The average Bonchev–Trinajstić information content (AvgIpc) is 2.46. The summed E-state index contributed by atoms with van der Waals surface area (Å²) < 4.78 is 1.25. The Morgan fingerprint density at radius 1 is 1.69 bits per heavy atom. The predicted molar refractivity (Wildman–Crippen MR) is 58.1 cm³/mol. The fraction of sp³-hybridized carbons (Fsp3) is 0.444. The highest BCUT2D eigenvalue weighted by molar-refractivity contribution is 8.02. The van der Waals surface area contributed by atoms with Crippen LogP contribution in [0.2, 0.25) is 0 Å². The van der Waals surface area contributed by atoms with Crippen LogP contribution in [0.1, 0.15) is 23.5 Å². The summed E-state index contributed by atoms with van der Waals surface area (Å²) >= 11 is 3.45. The smallest absolute Gasteiger partial charge is 0.169 e. The van der Waals surface area contributed by atoms with Gasteiger partial charge >= 0.3 is 0 Å². The van der Waals surface area contributed by atoms with Gasteiger partial charge in [-0.25, -0.2) is 0 Å². The molecule has 13 heavy (non-hydrogen) atoms. The Balaban J connectivity index is 2.33. The van der Waals surface area contributed by atoms with Crippen molar-refractivity contribution >= 4 is 34.6 Å². The summed E-state index contributed by atoms with van der Waals surface area (Å²) in [7, 11) is 0. The van der Waals surface area contributed by atoms with Gasteiger partial charge in [0.25, 0.3) is 0 Å². The normalized spacial score (nSPS) is 20.6. The summed E-state index contributed by atoms with van der Waals surface area (Å²) in [5, 5.41) is 3.93. The molecule has 2 nitrogen and oxygen atoms in total. The summed E-state index contributed by atoms with van der Waals surface area (Å²) in [4.78, 5) is 12.0. The van der Waals surface area contributed by atoms with E-state index in [0.717, 1.165) is 17.1 Å². The molecule has 0 aliphatic carbocycles. The first-order valence-electron chi connectivity index (χ1n) is 4.22. The van der Waals surface area contributed by atoms with Gasteiger partial charge < -0.3 is 5.32 Å². The van der Waals surface area contributed by atoms with Crippen molar-refractivity contribution in [1.29, 1.82) is 0 Å². The third kappa shape index (κ3) is 1.74. The summed E-state index contributed by atoms with van der Waals surface area (Å²) in [6.07, 6.45) is 0. The fourth-order valence-corrected chi connectivity index (χ4v) is 3.74.